The normalized spacial score (nSPS) is 14.0. The molecule has 0 radical (unpaired) electrons. The minimum absolute atomic E-state index is 0.135. The summed E-state index contributed by atoms with van der Waals surface area (Å²) in [6, 6.07) is 2.93. The molecule has 1 aromatic heterocycles. The second-order valence-electron chi connectivity index (χ2n) is 4.34. The van der Waals surface area contributed by atoms with Crippen molar-refractivity contribution in [1.82, 2.24) is 4.98 Å². The number of aromatic nitrogens is 1. The first-order valence-corrected chi connectivity index (χ1v) is 6.08. The Morgan fingerprint density at radius 1 is 1.61 bits per heavy atom. The molecule has 1 aliphatic rings. The zero-order valence-electron chi connectivity index (χ0n) is 9.77. The molecule has 4 nitrogen and oxygen atoms in total. The molecule has 0 bridgehead atoms. The van der Waals surface area contributed by atoms with Gasteiger partial charge in [0.05, 0.1) is 6.54 Å². The molecular formula is C13H13ClN2O2. The van der Waals surface area contributed by atoms with E-state index >= 15 is 0 Å². The standard InChI is InChI=1S/C13H13ClN2O2/c1-2-7-16(8-9-3-4-9)12-10(13(17)18)5-6-11(14)15-12/h1,5-6,9H,3-4,7-8H2,(H,17,18). The molecule has 0 aliphatic heterocycles. The van der Waals surface area contributed by atoms with Crippen LogP contribution in [0.15, 0.2) is 12.1 Å². The summed E-state index contributed by atoms with van der Waals surface area (Å²) in [7, 11) is 0. The van der Waals surface area contributed by atoms with Gasteiger partial charge < -0.3 is 10.0 Å². The number of carboxylic acids is 1. The van der Waals surface area contributed by atoms with Gasteiger partial charge in [-0.05, 0) is 30.9 Å². The summed E-state index contributed by atoms with van der Waals surface area (Å²) >= 11 is 5.84. The Bertz CT molecular complexity index is 506. The molecule has 1 fully saturated rings. The highest BCUT2D eigenvalue weighted by Crippen LogP contribution is 2.32. The number of terminal acetylenes is 1. The molecule has 1 aromatic rings. The van der Waals surface area contributed by atoms with Gasteiger partial charge in [0.1, 0.15) is 16.5 Å². The van der Waals surface area contributed by atoms with E-state index in [1.165, 1.54) is 12.1 Å². The summed E-state index contributed by atoms with van der Waals surface area (Å²) in [4.78, 5) is 17.1. The lowest BCUT2D eigenvalue weighted by Gasteiger charge is -2.22. The summed E-state index contributed by atoms with van der Waals surface area (Å²) in [6.45, 7) is 1.07. The van der Waals surface area contributed by atoms with Crippen LogP contribution in [-0.2, 0) is 0 Å². The minimum atomic E-state index is -1.02. The number of carboxylic acid groups (broad SMARTS) is 1. The monoisotopic (exact) mass is 264 g/mol. The smallest absolute Gasteiger partial charge is 0.339 e. The number of pyridine rings is 1. The first-order valence-electron chi connectivity index (χ1n) is 5.70. The molecule has 5 heteroatoms. The lowest BCUT2D eigenvalue weighted by atomic mass is 10.2. The van der Waals surface area contributed by atoms with Crippen LogP contribution in [0.2, 0.25) is 5.15 Å². The van der Waals surface area contributed by atoms with E-state index in [4.69, 9.17) is 23.1 Å². The zero-order valence-corrected chi connectivity index (χ0v) is 10.5. The Labute approximate surface area is 111 Å². The summed E-state index contributed by atoms with van der Waals surface area (Å²) in [5, 5.41) is 9.43. The number of hydrogen-bond acceptors (Lipinski definition) is 3. The van der Waals surface area contributed by atoms with E-state index in [1.807, 2.05) is 4.90 Å². The number of halogens is 1. The first-order chi connectivity index (χ1) is 8.61. The van der Waals surface area contributed by atoms with Crippen molar-refractivity contribution in [2.75, 3.05) is 18.0 Å². The van der Waals surface area contributed by atoms with Crippen LogP contribution in [0.1, 0.15) is 23.2 Å². The Balaban J connectivity index is 2.34. The van der Waals surface area contributed by atoms with Gasteiger partial charge in [0, 0.05) is 6.54 Å². The molecule has 0 atom stereocenters. The Morgan fingerprint density at radius 3 is 2.89 bits per heavy atom. The summed E-state index contributed by atoms with van der Waals surface area (Å²) in [5.41, 5.74) is 0.135. The number of nitrogens with zero attached hydrogens (tertiary/aromatic N) is 2. The largest absolute Gasteiger partial charge is 0.478 e. The van der Waals surface area contributed by atoms with Crippen LogP contribution >= 0.6 is 11.6 Å². The van der Waals surface area contributed by atoms with Crippen molar-refractivity contribution in [2.45, 2.75) is 12.8 Å². The van der Waals surface area contributed by atoms with Crippen LogP contribution in [0.5, 0.6) is 0 Å². The number of anilines is 1. The fourth-order valence-corrected chi connectivity index (χ4v) is 1.92. The maximum Gasteiger partial charge on any atom is 0.339 e. The summed E-state index contributed by atoms with van der Waals surface area (Å²) in [6.07, 6.45) is 7.64. The average Bonchev–Trinajstić information content (AvgIpc) is 3.12. The molecule has 18 heavy (non-hydrogen) atoms. The Morgan fingerprint density at radius 2 is 2.33 bits per heavy atom. The van der Waals surface area contributed by atoms with Gasteiger partial charge in [0.2, 0.25) is 0 Å². The SMILES string of the molecule is C#CCN(CC1CC1)c1nc(Cl)ccc1C(=O)O. The molecule has 1 aliphatic carbocycles. The maximum absolute atomic E-state index is 11.2. The lowest BCUT2D eigenvalue weighted by Crippen LogP contribution is -2.29. The molecule has 1 heterocycles. The van der Waals surface area contributed by atoms with E-state index in [9.17, 15) is 4.79 Å². The van der Waals surface area contributed by atoms with E-state index in [1.54, 1.807) is 0 Å². The van der Waals surface area contributed by atoms with Gasteiger partial charge in [0.15, 0.2) is 0 Å². The minimum Gasteiger partial charge on any atom is -0.478 e. The third-order valence-electron chi connectivity index (χ3n) is 2.83. The predicted molar refractivity (Wildman–Crippen MR) is 70.0 cm³/mol. The van der Waals surface area contributed by atoms with Crippen LogP contribution in [-0.4, -0.2) is 29.1 Å². The molecule has 2 rings (SSSR count). The lowest BCUT2D eigenvalue weighted by molar-refractivity contribution is 0.0697. The van der Waals surface area contributed by atoms with Gasteiger partial charge >= 0.3 is 5.97 Å². The van der Waals surface area contributed by atoms with Gasteiger partial charge in [-0.15, -0.1) is 6.42 Å². The van der Waals surface area contributed by atoms with Crippen LogP contribution in [0.3, 0.4) is 0 Å². The molecule has 0 spiro atoms. The van der Waals surface area contributed by atoms with E-state index in [0.29, 0.717) is 18.3 Å². The highest BCUT2D eigenvalue weighted by atomic mass is 35.5. The third-order valence-corrected chi connectivity index (χ3v) is 3.04. The third kappa shape index (κ3) is 2.93. The molecule has 1 saturated carbocycles. The maximum atomic E-state index is 11.2. The highest BCUT2D eigenvalue weighted by Gasteiger charge is 2.27. The fraction of sp³-hybridized carbons (Fsp3) is 0.385. The van der Waals surface area contributed by atoms with Crippen LogP contribution in [0.4, 0.5) is 5.82 Å². The first kappa shape index (κ1) is 12.7. The number of rotatable bonds is 5. The van der Waals surface area contributed by atoms with Crippen molar-refractivity contribution in [1.29, 1.82) is 0 Å². The van der Waals surface area contributed by atoms with E-state index in [-0.39, 0.29) is 10.7 Å². The van der Waals surface area contributed by atoms with Crippen molar-refractivity contribution in [3.63, 3.8) is 0 Å². The topological polar surface area (TPSA) is 53.4 Å². The molecule has 0 amide bonds. The van der Waals surface area contributed by atoms with Gasteiger partial charge in [0.25, 0.3) is 0 Å². The van der Waals surface area contributed by atoms with E-state index in [2.05, 4.69) is 10.9 Å². The molecule has 1 N–H and O–H groups in total. The highest BCUT2D eigenvalue weighted by molar-refractivity contribution is 6.29. The Hall–Kier alpha value is -1.73. The van der Waals surface area contributed by atoms with Crippen molar-refractivity contribution >= 4 is 23.4 Å². The van der Waals surface area contributed by atoms with Crippen LogP contribution in [0.25, 0.3) is 0 Å². The summed E-state index contributed by atoms with van der Waals surface area (Å²) < 4.78 is 0. The second-order valence-corrected chi connectivity index (χ2v) is 4.73. The summed E-state index contributed by atoms with van der Waals surface area (Å²) in [5.74, 6) is 2.46. The second kappa shape index (κ2) is 5.28. The number of hydrogen-bond donors (Lipinski definition) is 1. The molecule has 0 aromatic carbocycles. The Kier molecular flexibility index (Phi) is 3.73. The van der Waals surface area contributed by atoms with E-state index < -0.39 is 5.97 Å². The van der Waals surface area contributed by atoms with Crippen LogP contribution in [0, 0.1) is 18.3 Å². The average molecular weight is 265 g/mol. The van der Waals surface area contributed by atoms with Gasteiger partial charge in [-0.1, -0.05) is 17.5 Å². The fourth-order valence-electron chi connectivity index (χ4n) is 1.78. The van der Waals surface area contributed by atoms with Gasteiger partial charge in [-0.25, -0.2) is 9.78 Å². The van der Waals surface area contributed by atoms with Gasteiger partial charge in [-0.3, -0.25) is 0 Å². The number of carbonyl (C=O) groups is 1. The van der Waals surface area contributed by atoms with E-state index in [0.717, 1.165) is 19.4 Å². The van der Waals surface area contributed by atoms with Crippen molar-refractivity contribution in [2.24, 2.45) is 5.92 Å². The molecule has 0 saturated heterocycles. The predicted octanol–water partition coefficient (Wildman–Crippen LogP) is 2.28. The quantitative estimate of drug-likeness (QED) is 0.655. The number of aromatic carboxylic acids is 1. The zero-order chi connectivity index (χ0) is 13.1. The molecular weight excluding hydrogens is 252 g/mol. The van der Waals surface area contributed by atoms with Gasteiger partial charge in [-0.2, -0.15) is 0 Å². The van der Waals surface area contributed by atoms with Crippen molar-refractivity contribution in [3.05, 3.63) is 22.8 Å². The van der Waals surface area contributed by atoms with Crippen LogP contribution < -0.4 is 4.90 Å². The molecule has 94 valence electrons. The molecule has 0 unspecified atom stereocenters. The van der Waals surface area contributed by atoms with Crippen molar-refractivity contribution < 1.29 is 9.90 Å². The van der Waals surface area contributed by atoms with Crippen molar-refractivity contribution in [3.8, 4) is 12.3 Å².